The van der Waals surface area contributed by atoms with E-state index >= 15 is 0 Å². The molecule has 0 saturated heterocycles. The molecule has 3 heteroatoms. The highest BCUT2D eigenvalue weighted by molar-refractivity contribution is 7.80. The van der Waals surface area contributed by atoms with Crippen LogP contribution in [0.25, 0.3) is 0 Å². The molecule has 0 aromatic heterocycles. The first kappa shape index (κ1) is 11.4. The summed E-state index contributed by atoms with van der Waals surface area (Å²) >= 11 is 4.90. The number of hydrogen-bond donors (Lipinski definition) is 1. The van der Waals surface area contributed by atoms with Crippen LogP contribution >= 0.6 is 12.2 Å². The van der Waals surface area contributed by atoms with Gasteiger partial charge in [-0.2, -0.15) is 0 Å². The van der Waals surface area contributed by atoms with Crippen LogP contribution in [0, 0.1) is 0 Å². The van der Waals surface area contributed by atoms with Crippen molar-refractivity contribution in [3.05, 3.63) is 29.8 Å². The Morgan fingerprint density at radius 3 is 3.00 bits per heavy atom. The van der Waals surface area contributed by atoms with Gasteiger partial charge in [0.1, 0.15) is 0 Å². The maximum atomic E-state index is 5.52. The lowest BCUT2D eigenvalue weighted by molar-refractivity contribution is 0.673. The largest absolute Gasteiger partial charge is 0.393 e. The molecular formula is C13H18N2S. The fourth-order valence-electron chi connectivity index (χ4n) is 2.29. The summed E-state index contributed by atoms with van der Waals surface area (Å²) in [7, 11) is 0. The molecule has 2 nitrogen and oxygen atoms in total. The topological polar surface area (TPSA) is 29.3 Å². The van der Waals surface area contributed by atoms with Crippen molar-refractivity contribution in [2.75, 3.05) is 18.0 Å². The van der Waals surface area contributed by atoms with Crippen molar-refractivity contribution in [1.82, 2.24) is 0 Å². The lowest BCUT2D eigenvalue weighted by Crippen LogP contribution is -2.30. The highest BCUT2D eigenvalue weighted by atomic mass is 32.1. The Labute approximate surface area is 102 Å². The zero-order valence-corrected chi connectivity index (χ0v) is 10.3. The molecule has 1 aliphatic rings. The molecule has 0 atom stereocenters. The summed E-state index contributed by atoms with van der Waals surface area (Å²) in [5, 5.41) is 0. The van der Waals surface area contributed by atoms with Gasteiger partial charge in [0, 0.05) is 18.8 Å². The van der Waals surface area contributed by atoms with Crippen LogP contribution in [0.3, 0.4) is 0 Å². The number of hydrogen-bond acceptors (Lipinski definition) is 2. The van der Waals surface area contributed by atoms with E-state index in [9.17, 15) is 0 Å². The van der Waals surface area contributed by atoms with Crippen LogP contribution in [0.5, 0.6) is 0 Å². The number of benzene rings is 1. The summed E-state index contributed by atoms with van der Waals surface area (Å²) in [6, 6.07) is 8.69. The molecule has 0 unspecified atom stereocenters. The molecule has 0 radical (unpaired) electrons. The van der Waals surface area contributed by atoms with Crippen molar-refractivity contribution in [2.24, 2.45) is 5.73 Å². The van der Waals surface area contributed by atoms with Gasteiger partial charge in [0.2, 0.25) is 0 Å². The van der Waals surface area contributed by atoms with E-state index in [0.29, 0.717) is 4.99 Å². The molecule has 2 N–H and O–H groups in total. The smallest absolute Gasteiger partial charge is 0.0728 e. The van der Waals surface area contributed by atoms with Crippen LogP contribution in [0.2, 0.25) is 0 Å². The molecule has 0 saturated carbocycles. The number of para-hydroxylation sites is 1. The minimum Gasteiger partial charge on any atom is -0.393 e. The summed E-state index contributed by atoms with van der Waals surface area (Å²) in [5.74, 6) is 0. The molecule has 1 aromatic rings. The van der Waals surface area contributed by atoms with E-state index in [4.69, 9.17) is 18.0 Å². The predicted octanol–water partition coefficient (Wildman–Crippen LogP) is 2.51. The van der Waals surface area contributed by atoms with Crippen molar-refractivity contribution in [3.63, 3.8) is 0 Å². The van der Waals surface area contributed by atoms with E-state index in [1.165, 1.54) is 24.1 Å². The maximum absolute atomic E-state index is 5.52. The number of nitrogens with two attached hydrogens (primary N) is 1. The van der Waals surface area contributed by atoms with E-state index in [2.05, 4.69) is 29.2 Å². The molecule has 16 heavy (non-hydrogen) atoms. The van der Waals surface area contributed by atoms with E-state index < -0.39 is 0 Å². The standard InChI is InChI=1S/C13H18N2S/c14-13(16)8-4-10-15-9-3-6-11-5-1-2-7-12(11)15/h1-2,5,7H,3-4,6,8-10H2,(H2,14,16). The van der Waals surface area contributed by atoms with Crippen LogP contribution in [-0.2, 0) is 6.42 Å². The second kappa shape index (κ2) is 5.30. The first-order valence-corrected chi connectivity index (χ1v) is 6.29. The number of aryl methyl sites for hydroxylation is 1. The van der Waals surface area contributed by atoms with Crippen molar-refractivity contribution < 1.29 is 0 Å². The molecule has 1 heterocycles. The number of nitrogens with zero attached hydrogens (tertiary/aromatic N) is 1. The highest BCUT2D eigenvalue weighted by Crippen LogP contribution is 2.26. The highest BCUT2D eigenvalue weighted by Gasteiger charge is 2.15. The molecule has 1 aliphatic heterocycles. The average Bonchev–Trinajstić information content (AvgIpc) is 2.29. The zero-order valence-electron chi connectivity index (χ0n) is 9.48. The fraction of sp³-hybridized carbons (Fsp3) is 0.462. The van der Waals surface area contributed by atoms with Crippen LogP contribution < -0.4 is 10.6 Å². The molecule has 0 spiro atoms. The summed E-state index contributed by atoms with van der Waals surface area (Å²) in [5.41, 5.74) is 8.39. The van der Waals surface area contributed by atoms with Gasteiger partial charge in [-0.05, 0) is 37.3 Å². The lowest BCUT2D eigenvalue weighted by Gasteiger charge is -2.31. The third-order valence-corrected chi connectivity index (χ3v) is 3.26. The Morgan fingerprint density at radius 1 is 1.38 bits per heavy atom. The maximum Gasteiger partial charge on any atom is 0.0728 e. The number of rotatable bonds is 4. The zero-order chi connectivity index (χ0) is 11.4. The van der Waals surface area contributed by atoms with E-state index in [1.54, 1.807) is 0 Å². The monoisotopic (exact) mass is 234 g/mol. The fourth-order valence-corrected chi connectivity index (χ4v) is 2.43. The first-order valence-electron chi connectivity index (χ1n) is 5.88. The van der Waals surface area contributed by atoms with Gasteiger partial charge in [-0.25, -0.2) is 0 Å². The minimum absolute atomic E-state index is 0.630. The normalized spacial score (nSPS) is 14.6. The van der Waals surface area contributed by atoms with E-state index in [1.807, 2.05) is 0 Å². The van der Waals surface area contributed by atoms with Gasteiger partial charge in [0.25, 0.3) is 0 Å². The van der Waals surface area contributed by atoms with Gasteiger partial charge < -0.3 is 10.6 Å². The Morgan fingerprint density at radius 2 is 2.19 bits per heavy atom. The molecule has 1 aromatic carbocycles. The summed E-state index contributed by atoms with van der Waals surface area (Å²) in [6.45, 7) is 2.22. The van der Waals surface area contributed by atoms with Gasteiger partial charge in [0.15, 0.2) is 0 Å². The Hall–Kier alpha value is -1.09. The summed E-state index contributed by atoms with van der Waals surface area (Å²) in [6.07, 6.45) is 4.38. The minimum atomic E-state index is 0.630. The average molecular weight is 234 g/mol. The quantitative estimate of drug-likeness (QED) is 0.812. The van der Waals surface area contributed by atoms with Gasteiger partial charge in [-0.15, -0.1) is 0 Å². The Balaban J connectivity index is 1.99. The summed E-state index contributed by atoms with van der Waals surface area (Å²) in [4.78, 5) is 3.09. The van der Waals surface area contributed by atoms with Crippen LogP contribution in [0.15, 0.2) is 24.3 Å². The number of thiocarbonyl (C=S) groups is 1. The SMILES string of the molecule is NC(=S)CCCN1CCCc2ccccc21. The Kier molecular flexibility index (Phi) is 3.78. The molecule has 0 aliphatic carbocycles. The molecule has 0 amide bonds. The first-order chi connectivity index (χ1) is 7.77. The second-order valence-corrected chi connectivity index (χ2v) is 4.81. The third kappa shape index (κ3) is 2.73. The second-order valence-electron chi connectivity index (χ2n) is 4.29. The van der Waals surface area contributed by atoms with Gasteiger partial charge in [-0.1, -0.05) is 30.4 Å². The molecule has 86 valence electrons. The van der Waals surface area contributed by atoms with Crippen molar-refractivity contribution >= 4 is 22.9 Å². The van der Waals surface area contributed by atoms with Crippen molar-refractivity contribution in [1.29, 1.82) is 0 Å². The van der Waals surface area contributed by atoms with E-state index in [0.717, 1.165) is 25.9 Å². The predicted molar refractivity (Wildman–Crippen MR) is 73.0 cm³/mol. The summed E-state index contributed by atoms with van der Waals surface area (Å²) < 4.78 is 0. The third-order valence-electron chi connectivity index (χ3n) is 3.06. The molecular weight excluding hydrogens is 216 g/mol. The van der Waals surface area contributed by atoms with Gasteiger partial charge >= 0.3 is 0 Å². The van der Waals surface area contributed by atoms with Gasteiger partial charge in [0.05, 0.1) is 4.99 Å². The van der Waals surface area contributed by atoms with Crippen LogP contribution in [0.1, 0.15) is 24.8 Å². The molecule has 0 fully saturated rings. The van der Waals surface area contributed by atoms with Crippen molar-refractivity contribution in [2.45, 2.75) is 25.7 Å². The van der Waals surface area contributed by atoms with Crippen LogP contribution in [0.4, 0.5) is 5.69 Å². The van der Waals surface area contributed by atoms with Crippen molar-refractivity contribution in [3.8, 4) is 0 Å². The molecule has 0 bridgehead atoms. The van der Waals surface area contributed by atoms with Gasteiger partial charge in [-0.3, -0.25) is 0 Å². The lowest BCUT2D eigenvalue weighted by atomic mass is 10.0. The Bertz CT molecular complexity index is 376. The molecule has 2 rings (SSSR count). The van der Waals surface area contributed by atoms with E-state index in [-0.39, 0.29) is 0 Å². The number of fused-ring (bicyclic) bond motifs is 1. The van der Waals surface area contributed by atoms with Crippen LogP contribution in [-0.4, -0.2) is 18.1 Å². The number of anilines is 1.